The molecule has 1 fully saturated rings. The fourth-order valence-corrected chi connectivity index (χ4v) is 2.51. The highest BCUT2D eigenvalue weighted by molar-refractivity contribution is 5.78. The summed E-state index contributed by atoms with van der Waals surface area (Å²) in [5.74, 6) is 0.504. The minimum atomic E-state index is -0.917. The van der Waals surface area contributed by atoms with Crippen LogP contribution in [0.25, 0.3) is 0 Å². The lowest BCUT2D eigenvalue weighted by molar-refractivity contribution is -0.181. The average Bonchev–Trinajstić information content (AvgIpc) is 2.35. The van der Waals surface area contributed by atoms with E-state index in [-0.39, 0.29) is 12.6 Å². The van der Waals surface area contributed by atoms with Crippen molar-refractivity contribution in [1.82, 2.24) is 0 Å². The SMILES string of the molecule is CC(C)(C)OC(=O)C(C)(C)OCC1CCCC(CO)C1. The van der Waals surface area contributed by atoms with Crippen molar-refractivity contribution in [3.05, 3.63) is 0 Å². The van der Waals surface area contributed by atoms with Gasteiger partial charge in [-0.2, -0.15) is 0 Å². The van der Waals surface area contributed by atoms with Gasteiger partial charge in [0.1, 0.15) is 5.60 Å². The largest absolute Gasteiger partial charge is 0.458 e. The first-order valence-electron chi connectivity index (χ1n) is 7.62. The third kappa shape index (κ3) is 5.80. The van der Waals surface area contributed by atoms with Crippen LogP contribution < -0.4 is 0 Å². The van der Waals surface area contributed by atoms with Crippen molar-refractivity contribution in [1.29, 1.82) is 0 Å². The van der Waals surface area contributed by atoms with E-state index in [4.69, 9.17) is 9.47 Å². The molecule has 0 aromatic heterocycles. The van der Waals surface area contributed by atoms with Gasteiger partial charge in [0.2, 0.25) is 0 Å². The highest BCUT2D eigenvalue weighted by Crippen LogP contribution is 2.30. The van der Waals surface area contributed by atoms with Gasteiger partial charge in [0.05, 0.1) is 6.61 Å². The maximum absolute atomic E-state index is 12.1. The van der Waals surface area contributed by atoms with Gasteiger partial charge < -0.3 is 14.6 Å². The van der Waals surface area contributed by atoms with Crippen molar-refractivity contribution in [2.75, 3.05) is 13.2 Å². The molecule has 0 amide bonds. The van der Waals surface area contributed by atoms with Crippen LogP contribution in [0.15, 0.2) is 0 Å². The van der Waals surface area contributed by atoms with E-state index in [9.17, 15) is 9.90 Å². The van der Waals surface area contributed by atoms with Gasteiger partial charge in [0.15, 0.2) is 5.60 Å². The van der Waals surface area contributed by atoms with Gasteiger partial charge in [-0.3, -0.25) is 0 Å². The lowest BCUT2D eigenvalue weighted by Crippen LogP contribution is -2.42. The molecule has 4 nitrogen and oxygen atoms in total. The van der Waals surface area contributed by atoms with E-state index in [1.807, 2.05) is 20.8 Å². The summed E-state index contributed by atoms with van der Waals surface area (Å²) in [5, 5.41) is 9.24. The fraction of sp³-hybridized carbons (Fsp3) is 0.938. The summed E-state index contributed by atoms with van der Waals surface area (Å²) in [6.07, 6.45) is 4.33. The van der Waals surface area contributed by atoms with Gasteiger partial charge in [-0.15, -0.1) is 0 Å². The number of hydrogen-bond acceptors (Lipinski definition) is 4. The number of esters is 1. The van der Waals surface area contributed by atoms with E-state index in [1.54, 1.807) is 13.8 Å². The molecule has 1 saturated carbocycles. The number of carbonyl (C=O) groups excluding carboxylic acids is 1. The molecule has 2 unspecified atom stereocenters. The van der Waals surface area contributed by atoms with E-state index in [0.29, 0.717) is 18.4 Å². The van der Waals surface area contributed by atoms with Crippen molar-refractivity contribution in [2.24, 2.45) is 11.8 Å². The first kappa shape index (κ1) is 17.4. The Kier molecular flexibility index (Phi) is 6.02. The van der Waals surface area contributed by atoms with E-state index in [0.717, 1.165) is 25.7 Å². The molecule has 0 saturated heterocycles. The maximum atomic E-state index is 12.1. The molecule has 0 aliphatic heterocycles. The first-order chi connectivity index (χ1) is 9.14. The molecule has 1 N–H and O–H groups in total. The van der Waals surface area contributed by atoms with Crippen molar-refractivity contribution in [2.45, 2.75) is 71.5 Å². The minimum absolute atomic E-state index is 0.256. The normalized spacial score (nSPS) is 24.5. The van der Waals surface area contributed by atoms with Crippen LogP contribution >= 0.6 is 0 Å². The Labute approximate surface area is 122 Å². The topological polar surface area (TPSA) is 55.8 Å². The van der Waals surface area contributed by atoms with Crippen molar-refractivity contribution < 1.29 is 19.4 Å². The van der Waals surface area contributed by atoms with E-state index in [1.165, 1.54) is 0 Å². The number of aliphatic hydroxyl groups excluding tert-OH is 1. The van der Waals surface area contributed by atoms with Gasteiger partial charge in [-0.25, -0.2) is 4.79 Å². The van der Waals surface area contributed by atoms with Crippen molar-refractivity contribution >= 4 is 5.97 Å². The average molecular weight is 286 g/mol. The van der Waals surface area contributed by atoms with Gasteiger partial charge in [-0.05, 0) is 65.7 Å². The number of ether oxygens (including phenoxy) is 2. The maximum Gasteiger partial charge on any atom is 0.338 e. The summed E-state index contributed by atoms with van der Waals surface area (Å²) < 4.78 is 11.2. The number of carbonyl (C=O) groups is 1. The molecule has 20 heavy (non-hydrogen) atoms. The molecule has 0 spiro atoms. The molecule has 118 valence electrons. The fourth-order valence-electron chi connectivity index (χ4n) is 2.51. The van der Waals surface area contributed by atoms with Crippen LogP contribution in [0.5, 0.6) is 0 Å². The summed E-state index contributed by atoms with van der Waals surface area (Å²) in [6.45, 7) is 9.89. The van der Waals surface area contributed by atoms with Crippen LogP contribution in [-0.4, -0.2) is 35.5 Å². The van der Waals surface area contributed by atoms with E-state index in [2.05, 4.69) is 0 Å². The van der Waals surface area contributed by atoms with Gasteiger partial charge in [-0.1, -0.05) is 6.42 Å². The van der Waals surface area contributed by atoms with E-state index >= 15 is 0 Å². The number of hydrogen-bond donors (Lipinski definition) is 1. The predicted molar refractivity (Wildman–Crippen MR) is 78.4 cm³/mol. The predicted octanol–water partition coefficient (Wildman–Crippen LogP) is 2.92. The van der Waals surface area contributed by atoms with Crippen LogP contribution in [0.1, 0.15) is 60.3 Å². The molecule has 1 rings (SSSR count). The lowest BCUT2D eigenvalue weighted by Gasteiger charge is -2.32. The Morgan fingerprint density at radius 3 is 2.30 bits per heavy atom. The number of rotatable bonds is 5. The second kappa shape index (κ2) is 6.90. The van der Waals surface area contributed by atoms with Crippen LogP contribution in [-0.2, 0) is 14.3 Å². The molecule has 2 atom stereocenters. The molecular formula is C16H30O4. The Morgan fingerprint density at radius 2 is 1.75 bits per heavy atom. The zero-order valence-corrected chi connectivity index (χ0v) is 13.6. The summed E-state index contributed by atoms with van der Waals surface area (Å²) in [5.41, 5.74) is -1.41. The smallest absolute Gasteiger partial charge is 0.338 e. The summed E-state index contributed by atoms with van der Waals surface area (Å²) in [7, 11) is 0. The van der Waals surface area contributed by atoms with Crippen LogP contribution in [0.2, 0.25) is 0 Å². The zero-order chi connectivity index (χ0) is 15.4. The Balaban J connectivity index is 2.44. The molecule has 0 aromatic carbocycles. The van der Waals surface area contributed by atoms with E-state index < -0.39 is 11.2 Å². The van der Waals surface area contributed by atoms with Gasteiger partial charge in [0.25, 0.3) is 0 Å². The summed E-state index contributed by atoms with van der Waals surface area (Å²) in [4.78, 5) is 12.1. The monoisotopic (exact) mass is 286 g/mol. The minimum Gasteiger partial charge on any atom is -0.458 e. The molecule has 0 heterocycles. The molecule has 0 radical (unpaired) electrons. The number of aliphatic hydroxyl groups is 1. The summed E-state index contributed by atoms with van der Waals surface area (Å²) in [6, 6.07) is 0. The van der Waals surface area contributed by atoms with Crippen LogP contribution in [0.3, 0.4) is 0 Å². The third-order valence-corrected chi connectivity index (χ3v) is 3.72. The highest BCUT2D eigenvalue weighted by atomic mass is 16.6. The van der Waals surface area contributed by atoms with Crippen LogP contribution in [0, 0.1) is 11.8 Å². The molecule has 1 aliphatic rings. The second-order valence-electron chi connectivity index (χ2n) is 7.40. The molecule has 0 aromatic rings. The quantitative estimate of drug-likeness (QED) is 0.790. The Hall–Kier alpha value is -0.610. The molecule has 4 heteroatoms. The Bertz CT molecular complexity index is 317. The molecular weight excluding hydrogens is 256 g/mol. The zero-order valence-electron chi connectivity index (χ0n) is 13.6. The third-order valence-electron chi connectivity index (χ3n) is 3.72. The molecule has 1 aliphatic carbocycles. The van der Waals surface area contributed by atoms with Crippen molar-refractivity contribution in [3.63, 3.8) is 0 Å². The first-order valence-corrected chi connectivity index (χ1v) is 7.62. The summed E-state index contributed by atoms with van der Waals surface area (Å²) >= 11 is 0. The van der Waals surface area contributed by atoms with Gasteiger partial charge in [0, 0.05) is 6.61 Å². The molecule has 0 bridgehead atoms. The van der Waals surface area contributed by atoms with Crippen molar-refractivity contribution in [3.8, 4) is 0 Å². The lowest BCUT2D eigenvalue weighted by atomic mass is 9.82. The van der Waals surface area contributed by atoms with Crippen LogP contribution in [0.4, 0.5) is 0 Å². The second-order valence-corrected chi connectivity index (χ2v) is 7.40. The van der Waals surface area contributed by atoms with Gasteiger partial charge >= 0.3 is 5.97 Å². The Morgan fingerprint density at radius 1 is 1.15 bits per heavy atom. The standard InChI is InChI=1S/C16H30O4/c1-15(2,3)20-14(18)16(4,5)19-11-13-8-6-7-12(9-13)10-17/h12-13,17H,6-11H2,1-5H3. The highest BCUT2D eigenvalue weighted by Gasteiger charge is 2.34.